The Balaban J connectivity index is 1.37. The Bertz CT molecular complexity index is 1750. The van der Waals surface area contributed by atoms with Crippen LogP contribution in [0.2, 0.25) is 0 Å². The molecule has 0 bridgehead atoms. The van der Waals surface area contributed by atoms with E-state index in [1.807, 2.05) is 24.3 Å². The zero-order valence-corrected chi connectivity index (χ0v) is 23.0. The fraction of sp³-hybridized carbons (Fsp3) is 0.276. The van der Waals surface area contributed by atoms with E-state index in [9.17, 15) is 14.4 Å². The number of nitrogens with zero attached hydrogens (tertiary/aromatic N) is 5. The van der Waals surface area contributed by atoms with E-state index in [1.165, 1.54) is 10.8 Å². The standard InChI is InChI=1S/C29H29N7O5/c1-16(2)22(33-21(37)15-36-19(14-31-24(30)26(36)39)17-10-6-5-7-11-17)23(38)25-34-35-28(41-25)29(3,4)27-32-18-12-8-9-13-20(18)40-27/h5-14,16,22H,15H2,1-4H3,(H2,30,31)(H,33,37)/t22-/m1/s1. The molecule has 3 heterocycles. The van der Waals surface area contributed by atoms with Crippen molar-refractivity contribution in [3.05, 3.63) is 88.8 Å². The first-order valence-corrected chi connectivity index (χ1v) is 13.0. The van der Waals surface area contributed by atoms with E-state index >= 15 is 0 Å². The predicted molar refractivity (Wildman–Crippen MR) is 150 cm³/mol. The molecule has 41 heavy (non-hydrogen) atoms. The Hall–Kier alpha value is -5.13. The van der Waals surface area contributed by atoms with Crippen molar-refractivity contribution in [2.75, 3.05) is 5.73 Å². The van der Waals surface area contributed by atoms with Gasteiger partial charge in [0.15, 0.2) is 11.4 Å². The summed E-state index contributed by atoms with van der Waals surface area (Å²) in [5.74, 6) is -1.50. The van der Waals surface area contributed by atoms with E-state index in [4.69, 9.17) is 14.6 Å². The van der Waals surface area contributed by atoms with Gasteiger partial charge in [0.05, 0.1) is 17.9 Å². The van der Waals surface area contributed by atoms with Crippen LogP contribution in [-0.2, 0) is 16.8 Å². The van der Waals surface area contributed by atoms with Crippen molar-refractivity contribution in [1.29, 1.82) is 0 Å². The van der Waals surface area contributed by atoms with Crippen LogP contribution in [0.3, 0.4) is 0 Å². The Morgan fingerprint density at radius 1 is 1.00 bits per heavy atom. The third-order valence-corrected chi connectivity index (χ3v) is 6.72. The van der Waals surface area contributed by atoms with Gasteiger partial charge in [0, 0.05) is 0 Å². The Kier molecular flexibility index (Phi) is 7.22. The number of oxazole rings is 1. The summed E-state index contributed by atoms with van der Waals surface area (Å²) >= 11 is 0. The van der Waals surface area contributed by atoms with Crippen molar-refractivity contribution >= 4 is 28.6 Å². The van der Waals surface area contributed by atoms with Gasteiger partial charge in [-0.25, -0.2) is 9.97 Å². The van der Waals surface area contributed by atoms with Crippen molar-refractivity contribution in [3.63, 3.8) is 0 Å². The lowest BCUT2D eigenvalue weighted by Crippen LogP contribution is -2.46. The van der Waals surface area contributed by atoms with Crippen molar-refractivity contribution in [2.24, 2.45) is 5.92 Å². The Labute approximate surface area is 234 Å². The number of anilines is 1. The third-order valence-electron chi connectivity index (χ3n) is 6.72. The van der Waals surface area contributed by atoms with Crippen molar-refractivity contribution in [1.82, 2.24) is 30.0 Å². The fourth-order valence-corrected chi connectivity index (χ4v) is 4.34. The number of hydrogen-bond donors (Lipinski definition) is 2. The second-order valence-corrected chi connectivity index (χ2v) is 10.5. The molecule has 5 rings (SSSR count). The number of hydrogen-bond acceptors (Lipinski definition) is 10. The number of nitrogens with two attached hydrogens (primary N) is 1. The molecular weight excluding hydrogens is 526 g/mol. The van der Waals surface area contributed by atoms with Gasteiger partial charge < -0.3 is 19.9 Å². The number of rotatable bonds is 9. The van der Waals surface area contributed by atoms with Gasteiger partial charge in [-0.1, -0.05) is 56.3 Å². The summed E-state index contributed by atoms with van der Waals surface area (Å²) in [5, 5.41) is 10.8. The van der Waals surface area contributed by atoms with E-state index < -0.39 is 28.7 Å². The van der Waals surface area contributed by atoms with Gasteiger partial charge in [-0.15, -0.1) is 10.2 Å². The zero-order chi connectivity index (χ0) is 29.3. The SMILES string of the molecule is CC(C)[C@@H](NC(=O)Cn1c(-c2ccccc2)cnc(N)c1=O)C(=O)c1nnc(C(C)(C)c2nc3ccccc3o2)o1. The number of aromatic nitrogens is 5. The minimum Gasteiger partial charge on any atom is -0.440 e. The van der Waals surface area contributed by atoms with E-state index in [1.54, 1.807) is 58.0 Å². The number of carbonyl (C=O) groups is 2. The van der Waals surface area contributed by atoms with Crippen LogP contribution in [0.1, 0.15) is 50.2 Å². The Morgan fingerprint density at radius 2 is 1.71 bits per heavy atom. The molecule has 12 heteroatoms. The van der Waals surface area contributed by atoms with E-state index in [0.717, 1.165) is 0 Å². The van der Waals surface area contributed by atoms with Gasteiger partial charge >= 0.3 is 0 Å². The van der Waals surface area contributed by atoms with Crippen LogP contribution in [0.25, 0.3) is 22.4 Å². The highest BCUT2D eigenvalue weighted by Crippen LogP contribution is 2.32. The normalized spacial score (nSPS) is 12.5. The second-order valence-electron chi connectivity index (χ2n) is 10.5. The maximum Gasteiger partial charge on any atom is 0.294 e. The lowest BCUT2D eigenvalue weighted by Gasteiger charge is -2.21. The molecule has 0 spiro atoms. The molecule has 210 valence electrons. The van der Waals surface area contributed by atoms with Gasteiger partial charge in [-0.05, 0) is 37.5 Å². The average molecular weight is 556 g/mol. The summed E-state index contributed by atoms with van der Waals surface area (Å²) in [7, 11) is 0. The molecule has 3 aromatic heterocycles. The molecule has 0 saturated carbocycles. The topological polar surface area (TPSA) is 172 Å². The highest BCUT2D eigenvalue weighted by Gasteiger charge is 2.37. The van der Waals surface area contributed by atoms with Crippen LogP contribution < -0.4 is 16.6 Å². The number of benzene rings is 2. The molecule has 0 aliphatic carbocycles. The molecule has 2 aromatic carbocycles. The number of para-hydroxylation sites is 2. The second kappa shape index (κ2) is 10.8. The number of nitrogen functional groups attached to an aromatic ring is 1. The van der Waals surface area contributed by atoms with Crippen molar-refractivity contribution in [2.45, 2.75) is 45.7 Å². The highest BCUT2D eigenvalue weighted by atomic mass is 16.4. The smallest absolute Gasteiger partial charge is 0.294 e. The van der Waals surface area contributed by atoms with Crippen LogP contribution in [0.5, 0.6) is 0 Å². The lowest BCUT2D eigenvalue weighted by molar-refractivity contribution is -0.122. The van der Waals surface area contributed by atoms with Gasteiger partial charge in [0.2, 0.25) is 23.5 Å². The lowest BCUT2D eigenvalue weighted by atomic mass is 9.93. The number of carbonyl (C=O) groups excluding carboxylic acids is 2. The molecule has 3 N–H and O–H groups in total. The number of fused-ring (bicyclic) bond motifs is 1. The molecule has 5 aromatic rings. The fourth-order valence-electron chi connectivity index (χ4n) is 4.34. The number of amides is 1. The molecule has 0 unspecified atom stereocenters. The zero-order valence-electron chi connectivity index (χ0n) is 23.0. The molecular formula is C29H29N7O5. The molecule has 0 aliphatic rings. The molecule has 0 aliphatic heterocycles. The van der Waals surface area contributed by atoms with Gasteiger partial charge in [0.1, 0.15) is 17.5 Å². The van der Waals surface area contributed by atoms with E-state index in [-0.39, 0.29) is 30.1 Å². The molecule has 0 saturated heterocycles. The summed E-state index contributed by atoms with van der Waals surface area (Å²) < 4.78 is 12.9. The highest BCUT2D eigenvalue weighted by molar-refractivity contribution is 5.98. The van der Waals surface area contributed by atoms with Crippen molar-refractivity contribution in [3.8, 4) is 11.3 Å². The first-order valence-electron chi connectivity index (χ1n) is 13.0. The molecule has 1 amide bonds. The minimum absolute atomic E-state index is 0.132. The first kappa shape index (κ1) is 27.4. The summed E-state index contributed by atoms with van der Waals surface area (Å²) in [6, 6.07) is 15.3. The molecule has 1 atom stereocenters. The summed E-state index contributed by atoms with van der Waals surface area (Å²) in [6.07, 6.45) is 1.43. The summed E-state index contributed by atoms with van der Waals surface area (Å²) in [6.45, 7) is 6.75. The van der Waals surface area contributed by atoms with Crippen LogP contribution in [-0.4, -0.2) is 42.5 Å². The van der Waals surface area contributed by atoms with Crippen LogP contribution >= 0.6 is 0 Å². The molecule has 0 fully saturated rings. The summed E-state index contributed by atoms with van der Waals surface area (Å²) in [5.41, 5.74) is 6.59. The quantitative estimate of drug-likeness (QED) is 0.257. The van der Waals surface area contributed by atoms with Crippen LogP contribution in [0.15, 0.2) is 74.4 Å². The van der Waals surface area contributed by atoms with Gasteiger partial charge in [-0.3, -0.25) is 19.0 Å². The third kappa shape index (κ3) is 5.36. The minimum atomic E-state index is -1.00. The first-order chi connectivity index (χ1) is 19.6. The van der Waals surface area contributed by atoms with Gasteiger partial charge in [0.25, 0.3) is 11.4 Å². The Morgan fingerprint density at radius 3 is 2.41 bits per heavy atom. The maximum absolute atomic E-state index is 13.5. The number of ketones is 1. The summed E-state index contributed by atoms with van der Waals surface area (Å²) in [4.78, 5) is 47.9. The predicted octanol–water partition coefficient (Wildman–Crippen LogP) is 3.37. The van der Waals surface area contributed by atoms with Crippen molar-refractivity contribution < 1.29 is 18.4 Å². The largest absolute Gasteiger partial charge is 0.440 e. The number of nitrogens with one attached hydrogen (secondary N) is 1. The average Bonchev–Trinajstić information content (AvgIpc) is 3.63. The van der Waals surface area contributed by atoms with Crippen LogP contribution in [0, 0.1) is 5.92 Å². The molecule has 0 radical (unpaired) electrons. The maximum atomic E-state index is 13.5. The van der Waals surface area contributed by atoms with E-state index in [2.05, 4.69) is 25.5 Å². The van der Waals surface area contributed by atoms with Crippen LogP contribution in [0.4, 0.5) is 5.82 Å². The van der Waals surface area contributed by atoms with Gasteiger partial charge in [-0.2, -0.15) is 0 Å². The molecule has 12 nitrogen and oxygen atoms in total. The number of Topliss-reactive ketones (excluding diaryl/α,β-unsaturated/α-hetero) is 1. The monoisotopic (exact) mass is 555 g/mol. The van der Waals surface area contributed by atoms with E-state index in [0.29, 0.717) is 28.2 Å².